The molecule has 0 aromatic heterocycles. The minimum Gasteiger partial charge on any atom is -0.370 e. The van der Waals surface area contributed by atoms with Crippen molar-refractivity contribution in [3.63, 3.8) is 0 Å². The normalized spacial score (nSPS) is 10.9. The second kappa shape index (κ2) is 10.0. The van der Waals surface area contributed by atoms with E-state index in [1.807, 2.05) is 0 Å². The van der Waals surface area contributed by atoms with Crippen LogP contribution < -0.4 is 5.73 Å². The third-order valence-electron chi connectivity index (χ3n) is 2.97. The first-order valence-corrected chi connectivity index (χ1v) is 6.49. The molecule has 0 unspecified atom stereocenters. The van der Waals surface area contributed by atoms with Crippen molar-refractivity contribution in [3.05, 3.63) is 0 Å². The van der Waals surface area contributed by atoms with Crippen molar-refractivity contribution in [2.24, 2.45) is 11.7 Å². The van der Waals surface area contributed by atoms with Crippen molar-refractivity contribution in [2.75, 3.05) is 0 Å². The fourth-order valence-electron chi connectivity index (χ4n) is 1.98. The first-order chi connectivity index (χ1) is 7.20. The van der Waals surface area contributed by atoms with Gasteiger partial charge in [0.2, 0.25) is 5.91 Å². The van der Waals surface area contributed by atoms with Gasteiger partial charge < -0.3 is 5.73 Å². The van der Waals surface area contributed by atoms with Gasteiger partial charge in [-0.25, -0.2) is 0 Å². The highest BCUT2D eigenvalue weighted by Crippen LogP contribution is 2.21. The summed E-state index contributed by atoms with van der Waals surface area (Å²) < 4.78 is 0. The second-order valence-electron chi connectivity index (χ2n) is 4.51. The quantitative estimate of drug-likeness (QED) is 0.591. The Morgan fingerprint density at radius 2 is 1.47 bits per heavy atom. The van der Waals surface area contributed by atoms with Crippen molar-refractivity contribution in [2.45, 2.75) is 71.6 Å². The van der Waals surface area contributed by atoms with E-state index in [2.05, 4.69) is 13.8 Å². The molecule has 90 valence electrons. The highest BCUT2D eigenvalue weighted by molar-refractivity contribution is 5.73. The fraction of sp³-hybridized carbons (Fsp3) is 0.923. The summed E-state index contributed by atoms with van der Waals surface area (Å²) in [5.41, 5.74) is 5.14. The zero-order chi connectivity index (χ0) is 11.5. The zero-order valence-electron chi connectivity index (χ0n) is 10.4. The van der Waals surface area contributed by atoms with E-state index in [0.29, 0.717) is 6.42 Å². The van der Waals surface area contributed by atoms with E-state index in [4.69, 9.17) is 5.73 Å². The van der Waals surface area contributed by atoms with Crippen LogP contribution in [0.15, 0.2) is 0 Å². The molecule has 0 rings (SSSR count). The Bertz CT molecular complexity index is 149. The third kappa shape index (κ3) is 9.77. The average molecular weight is 213 g/mol. The molecule has 0 saturated carbocycles. The van der Waals surface area contributed by atoms with Gasteiger partial charge in [0.1, 0.15) is 0 Å². The molecule has 0 saturated heterocycles. The lowest BCUT2D eigenvalue weighted by Crippen LogP contribution is -2.11. The van der Waals surface area contributed by atoms with Gasteiger partial charge in [0.25, 0.3) is 0 Å². The molecule has 2 nitrogen and oxygen atoms in total. The molecule has 0 aliphatic heterocycles. The number of hydrogen-bond acceptors (Lipinski definition) is 1. The van der Waals surface area contributed by atoms with E-state index in [1.54, 1.807) is 0 Å². The lowest BCUT2D eigenvalue weighted by molar-refractivity contribution is -0.118. The Hall–Kier alpha value is -0.530. The van der Waals surface area contributed by atoms with Crippen molar-refractivity contribution in [1.82, 2.24) is 0 Å². The van der Waals surface area contributed by atoms with Gasteiger partial charge in [0.15, 0.2) is 0 Å². The summed E-state index contributed by atoms with van der Waals surface area (Å²) >= 11 is 0. The monoisotopic (exact) mass is 213 g/mol. The van der Waals surface area contributed by atoms with E-state index >= 15 is 0 Å². The molecule has 1 amide bonds. The second-order valence-corrected chi connectivity index (χ2v) is 4.51. The summed E-state index contributed by atoms with van der Waals surface area (Å²) in [7, 11) is 0. The molecule has 0 aromatic rings. The molecule has 0 spiro atoms. The lowest BCUT2D eigenvalue weighted by atomic mass is 9.91. The van der Waals surface area contributed by atoms with Gasteiger partial charge in [0, 0.05) is 6.42 Å². The van der Waals surface area contributed by atoms with Crippen LogP contribution in [0.3, 0.4) is 0 Å². The number of hydrogen-bond donors (Lipinski definition) is 1. The smallest absolute Gasteiger partial charge is 0.217 e. The lowest BCUT2D eigenvalue weighted by Gasteiger charge is -2.15. The molecule has 15 heavy (non-hydrogen) atoms. The summed E-state index contributed by atoms with van der Waals surface area (Å²) in [5, 5.41) is 0. The number of nitrogens with two attached hydrogens (primary N) is 1. The predicted molar refractivity (Wildman–Crippen MR) is 65.6 cm³/mol. The first kappa shape index (κ1) is 14.5. The van der Waals surface area contributed by atoms with Crippen LogP contribution in [-0.4, -0.2) is 5.91 Å². The summed E-state index contributed by atoms with van der Waals surface area (Å²) in [6.45, 7) is 4.47. The maximum atomic E-state index is 10.6. The number of amides is 1. The van der Waals surface area contributed by atoms with Gasteiger partial charge in [-0.3, -0.25) is 4.79 Å². The number of carbonyl (C=O) groups is 1. The minimum atomic E-state index is -0.153. The van der Waals surface area contributed by atoms with Crippen LogP contribution in [0.25, 0.3) is 0 Å². The summed E-state index contributed by atoms with van der Waals surface area (Å²) in [5.74, 6) is 0.670. The van der Waals surface area contributed by atoms with Crippen LogP contribution in [0.2, 0.25) is 0 Å². The van der Waals surface area contributed by atoms with E-state index in [9.17, 15) is 4.79 Å². The molecule has 0 aliphatic rings. The van der Waals surface area contributed by atoms with Crippen LogP contribution in [0, 0.1) is 5.92 Å². The van der Waals surface area contributed by atoms with Crippen molar-refractivity contribution in [1.29, 1.82) is 0 Å². The van der Waals surface area contributed by atoms with Gasteiger partial charge in [-0.2, -0.15) is 0 Å². The maximum Gasteiger partial charge on any atom is 0.217 e. The molecule has 0 bridgehead atoms. The Labute approximate surface area is 94.6 Å². The Balaban J connectivity index is 3.63. The van der Waals surface area contributed by atoms with Crippen LogP contribution in [0.4, 0.5) is 0 Å². The zero-order valence-corrected chi connectivity index (χ0v) is 10.4. The highest BCUT2D eigenvalue weighted by Gasteiger charge is 2.08. The van der Waals surface area contributed by atoms with Gasteiger partial charge in [0.05, 0.1) is 0 Å². The highest BCUT2D eigenvalue weighted by atomic mass is 16.1. The Morgan fingerprint density at radius 3 is 1.87 bits per heavy atom. The topological polar surface area (TPSA) is 43.1 Å². The van der Waals surface area contributed by atoms with Crippen molar-refractivity contribution < 1.29 is 4.79 Å². The largest absolute Gasteiger partial charge is 0.370 e. The van der Waals surface area contributed by atoms with E-state index in [1.165, 1.54) is 44.9 Å². The van der Waals surface area contributed by atoms with Crippen LogP contribution in [-0.2, 0) is 4.79 Å². The van der Waals surface area contributed by atoms with Crippen molar-refractivity contribution >= 4 is 5.91 Å². The van der Waals surface area contributed by atoms with E-state index in [0.717, 1.165) is 12.3 Å². The number of unbranched alkanes of at least 4 members (excludes halogenated alkanes) is 2. The maximum absolute atomic E-state index is 10.6. The molecule has 2 heteroatoms. The van der Waals surface area contributed by atoms with Gasteiger partial charge in [-0.1, -0.05) is 52.4 Å². The first-order valence-electron chi connectivity index (χ1n) is 6.49. The number of rotatable bonds is 10. The molecular formula is C13H27NO. The van der Waals surface area contributed by atoms with E-state index < -0.39 is 0 Å². The van der Waals surface area contributed by atoms with Crippen LogP contribution in [0.5, 0.6) is 0 Å². The fourth-order valence-corrected chi connectivity index (χ4v) is 1.98. The van der Waals surface area contributed by atoms with Crippen molar-refractivity contribution in [3.8, 4) is 0 Å². The average Bonchev–Trinajstić information content (AvgIpc) is 2.20. The number of primary amides is 1. The summed E-state index contributed by atoms with van der Waals surface area (Å²) in [4.78, 5) is 10.6. The molecule has 0 radical (unpaired) electrons. The minimum absolute atomic E-state index is 0.153. The summed E-state index contributed by atoms with van der Waals surface area (Å²) in [6.07, 6.45) is 10.6. The summed E-state index contributed by atoms with van der Waals surface area (Å²) in [6, 6.07) is 0. The molecule has 0 aliphatic carbocycles. The predicted octanol–water partition coefficient (Wildman–Crippen LogP) is 3.64. The molecule has 0 heterocycles. The molecule has 0 atom stereocenters. The standard InChI is InChI=1S/C13H27NO/c1-3-5-8-12(9-6-4-2)10-7-11-13(14)15/h12H,3-11H2,1-2H3,(H2,14,15). The SMILES string of the molecule is CCCCC(CCCC)CCCC(N)=O. The third-order valence-corrected chi connectivity index (χ3v) is 2.97. The van der Waals surface area contributed by atoms with Gasteiger partial charge >= 0.3 is 0 Å². The van der Waals surface area contributed by atoms with Crippen LogP contribution >= 0.6 is 0 Å². The Morgan fingerprint density at radius 1 is 1.00 bits per heavy atom. The molecule has 2 N–H and O–H groups in total. The molecule has 0 fully saturated rings. The van der Waals surface area contributed by atoms with E-state index in [-0.39, 0.29) is 5.91 Å². The van der Waals surface area contributed by atoms with Gasteiger partial charge in [-0.05, 0) is 18.8 Å². The molecular weight excluding hydrogens is 186 g/mol. The van der Waals surface area contributed by atoms with Crippen LogP contribution in [0.1, 0.15) is 71.6 Å². The van der Waals surface area contributed by atoms with Gasteiger partial charge in [-0.15, -0.1) is 0 Å². The Kier molecular flexibility index (Phi) is 9.65. The number of carbonyl (C=O) groups excluding carboxylic acids is 1. The molecule has 0 aromatic carbocycles.